The number of nitrogens with zero attached hydrogens (tertiary/aromatic N) is 1. The number of piperidine rings is 1. The average Bonchev–Trinajstić information content (AvgIpc) is 2.43. The van der Waals surface area contributed by atoms with Crippen molar-refractivity contribution in [1.82, 2.24) is 4.90 Å². The molecule has 0 saturated carbocycles. The average molecular weight is 213 g/mol. The maximum Gasteiger partial charge on any atom is 0.303 e. The molecule has 86 valence electrons. The highest BCUT2D eigenvalue weighted by Gasteiger charge is 2.40. The van der Waals surface area contributed by atoms with Crippen molar-refractivity contribution in [3.8, 4) is 0 Å². The fraction of sp³-hybridized carbons (Fsp3) is 0.909. The Hall–Kier alpha value is -0.610. The van der Waals surface area contributed by atoms with Crippen molar-refractivity contribution in [2.75, 3.05) is 13.2 Å². The number of carbonyl (C=O) groups is 1. The topological polar surface area (TPSA) is 60.8 Å². The molecule has 0 spiro atoms. The smallest absolute Gasteiger partial charge is 0.303 e. The monoisotopic (exact) mass is 213 g/mol. The predicted molar refractivity (Wildman–Crippen MR) is 55.6 cm³/mol. The lowest BCUT2D eigenvalue weighted by molar-refractivity contribution is -0.138. The van der Waals surface area contributed by atoms with Gasteiger partial charge in [0.1, 0.15) is 0 Å². The van der Waals surface area contributed by atoms with Gasteiger partial charge in [-0.25, -0.2) is 0 Å². The summed E-state index contributed by atoms with van der Waals surface area (Å²) >= 11 is 0. The normalized spacial score (nSPS) is 35.7. The summed E-state index contributed by atoms with van der Waals surface area (Å²) in [5, 5.41) is 17.7. The van der Waals surface area contributed by atoms with Crippen LogP contribution in [-0.4, -0.2) is 46.3 Å². The second-order valence-electron chi connectivity index (χ2n) is 4.78. The van der Waals surface area contributed by atoms with E-state index in [2.05, 4.69) is 4.90 Å². The number of aliphatic hydroxyl groups excluding tert-OH is 1. The molecule has 2 rings (SSSR count). The number of carboxylic acid groups (broad SMARTS) is 1. The zero-order valence-electron chi connectivity index (χ0n) is 8.93. The van der Waals surface area contributed by atoms with Crippen molar-refractivity contribution in [3.05, 3.63) is 0 Å². The largest absolute Gasteiger partial charge is 0.481 e. The van der Waals surface area contributed by atoms with Crippen LogP contribution in [0.4, 0.5) is 0 Å². The molecule has 0 radical (unpaired) electrons. The van der Waals surface area contributed by atoms with Gasteiger partial charge < -0.3 is 10.2 Å². The van der Waals surface area contributed by atoms with Crippen LogP contribution in [0.25, 0.3) is 0 Å². The van der Waals surface area contributed by atoms with Gasteiger partial charge in [-0.15, -0.1) is 0 Å². The number of hydrogen-bond acceptors (Lipinski definition) is 3. The summed E-state index contributed by atoms with van der Waals surface area (Å²) < 4.78 is 0. The third kappa shape index (κ3) is 2.32. The number of aliphatic hydroxyl groups is 1. The molecule has 2 unspecified atom stereocenters. The van der Waals surface area contributed by atoms with Gasteiger partial charge >= 0.3 is 5.97 Å². The van der Waals surface area contributed by atoms with Crippen LogP contribution in [0.2, 0.25) is 0 Å². The summed E-state index contributed by atoms with van der Waals surface area (Å²) in [5.74, 6) is -0.315. The van der Waals surface area contributed by atoms with Gasteiger partial charge in [0.2, 0.25) is 0 Å². The SMILES string of the molecule is O=C(O)CC1CC2CCC(C1)N2CCO. The second kappa shape index (κ2) is 4.49. The van der Waals surface area contributed by atoms with Crippen molar-refractivity contribution in [2.24, 2.45) is 5.92 Å². The van der Waals surface area contributed by atoms with Crippen LogP contribution in [0.1, 0.15) is 32.1 Å². The van der Waals surface area contributed by atoms with Gasteiger partial charge in [-0.05, 0) is 31.6 Å². The molecule has 2 bridgehead atoms. The summed E-state index contributed by atoms with van der Waals surface area (Å²) in [6, 6.07) is 1.06. The van der Waals surface area contributed by atoms with Crippen LogP contribution >= 0.6 is 0 Å². The van der Waals surface area contributed by atoms with E-state index < -0.39 is 5.97 Å². The summed E-state index contributed by atoms with van der Waals surface area (Å²) in [6.45, 7) is 0.978. The van der Waals surface area contributed by atoms with E-state index in [1.807, 2.05) is 0 Å². The van der Waals surface area contributed by atoms with Gasteiger partial charge in [-0.2, -0.15) is 0 Å². The predicted octanol–water partition coefficient (Wildman–Crippen LogP) is 0.696. The van der Waals surface area contributed by atoms with Crippen LogP contribution in [0.3, 0.4) is 0 Å². The molecule has 2 aliphatic rings. The maximum atomic E-state index is 10.7. The van der Waals surface area contributed by atoms with E-state index in [1.165, 1.54) is 12.8 Å². The zero-order valence-corrected chi connectivity index (χ0v) is 8.93. The van der Waals surface area contributed by atoms with Crippen LogP contribution < -0.4 is 0 Å². The minimum atomic E-state index is -0.671. The van der Waals surface area contributed by atoms with E-state index >= 15 is 0 Å². The molecule has 0 aromatic rings. The van der Waals surface area contributed by atoms with Gasteiger partial charge in [0.15, 0.2) is 0 Å². The minimum absolute atomic E-state index is 0.219. The minimum Gasteiger partial charge on any atom is -0.481 e. The van der Waals surface area contributed by atoms with E-state index in [-0.39, 0.29) is 6.61 Å². The van der Waals surface area contributed by atoms with Crippen LogP contribution in [0.5, 0.6) is 0 Å². The lowest BCUT2D eigenvalue weighted by Gasteiger charge is -2.38. The molecule has 0 amide bonds. The first-order valence-electron chi connectivity index (χ1n) is 5.79. The first kappa shape index (κ1) is 10.9. The molecule has 2 aliphatic heterocycles. The summed E-state index contributed by atoms with van der Waals surface area (Å²) in [4.78, 5) is 13.0. The molecule has 0 aliphatic carbocycles. The van der Waals surface area contributed by atoms with E-state index in [4.69, 9.17) is 10.2 Å². The Labute approximate surface area is 89.9 Å². The Bertz CT molecular complexity index is 230. The fourth-order valence-electron chi connectivity index (χ4n) is 3.28. The number of fused-ring (bicyclic) bond motifs is 2. The molecule has 2 atom stereocenters. The van der Waals surface area contributed by atoms with Crippen molar-refractivity contribution >= 4 is 5.97 Å². The van der Waals surface area contributed by atoms with Crippen molar-refractivity contribution in [3.63, 3.8) is 0 Å². The number of rotatable bonds is 4. The third-order valence-electron chi connectivity index (χ3n) is 3.80. The Morgan fingerprint density at radius 1 is 1.27 bits per heavy atom. The number of carboxylic acids is 1. The molecule has 4 nitrogen and oxygen atoms in total. The first-order valence-corrected chi connectivity index (χ1v) is 5.79. The van der Waals surface area contributed by atoms with Gasteiger partial charge in [-0.3, -0.25) is 9.69 Å². The third-order valence-corrected chi connectivity index (χ3v) is 3.80. The van der Waals surface area contributed by atoms with E-state index in [9.17, 15) is 4.79 Å². The van der Waals surface area contributed by atoms with E-state index in [0.29, 0.717) is 24.4 Å². The molecule has 0 aromatic carbocycles. The van der Waals surface area contributed by atoms with E-state index in [0.717, 1.165) is 19.4 Å². The molecule has 2 saturated heterocycles. The van der Waals surface area contributed by atoms with Crippen molar-refractivity contribution in [1.29, 1.82) is 0 Å². The molecular formula is C11H19NO3. The van der Waals surface area contributed by atoms with Gasteiger partial charge in [-0.1, -0.05) is 0 Å². The summed E-state index contributed by atoms with van der Waals surface area (Å²) in [6.07, 6.45) is 4.69. The molecule has 4 heteroatoms. The molecule has 0 aromatic heterocycles. The Morgan fingerprint density at radius 2 is 1.87 bits per heavy atom. The first-order chi connectivity index (χ1) is 7.20. The molecule has 2 heterocycles. The van der Waals surface area contributed by atoms with Crippen LogP contribution in [0.15, 0.2) is 0 Å². The Balaban J connectivity index is 1.92. The fourth-order valence-corrected chi connectivity index (χ4v) is 3.28. The van der Waals surface area contributed by atoms with Gasteiger partial charge in [0.05, 0.1) is 6.61 Å². The lowest BCUT2D eigenvalue weighted by Crippen LogP contribution is -2.44. The second-order valence-corrected chi connectivity index (χ2v) is 4.78. The van der Waals surface area contributed by atoms with Crippen molar-refractivity contribution in [2.45, 2.75) is 44.2 Å². The molecular weight excluding hydrogens is 194 g/mol. The van der Waals surface area contributed by atoms with E-state index in [1.54, 1.807) is 0 Å². The highest BCUT2D eigenvalue weighted by atomic mass is 16.4. The number of hydrogen-bond donors (Lipinski definition) is 2. The standard InChI is InChI=1S/C11H19NO3/c13-4-3-12-9-1-2-10(12)6-8(5-9)7-11(14)15/h8-10,13H,1-7H2,(H,14,15). The Morgan fingerprint density at radius 3 is 2.33 bits per heavy atom. The van der Waals surface area contributed by atoms with Gasteiger partial charge in [0.25, 0.3) is 0 Å². The van der Waals surface area contributed by atoms with Crippen molar-refractivity contribution < 1.29 is 15.0 Å². The Kier molecular flexibility index (Phi) is 3.26. The quantitative estimate of drug-likeness (QED) is 0.721. The zero-order chi connectivity index (χ0) is 10.8. The summed E-state index contributed by atoms with van der Waals surface area (Å²) in [5.41, 5.74) is 0. The molecule has 2 fully saturated rings. The lowest BCUT2D eigenvalue weighted by atomic mass is 9.88. The van der Waals surface area contributed by atoms with Gasteiger partial charge in [0, 0.05) is 25.0 Å². The number of aliphatic carboxylic acids is 1. The molecule has 2 N–H and O–H groups in total. The maximum absolute atomic E-state index is 10.7. The van der Waals surface area contributed by atoms with Crippen LogP contribution in [0, 0.1) is 5.92 Å². The highest BCUT2D eigenvalue weighted by Crippen LogP contribution is 2.39. The molecule has 15 heavy (non-hydrogen) atoms. The summed E-state index contributed by atoms with van der Waals surface area (Å²) in [7, 11) is 0. The van der Waals surface area contributed by atoms with Crippen LogP contribution in [-0.2, 0) is 4.79 Å². The highest BCUT2D eigenvalue weighted by molar-refractivity contribution is 5.67.